The van der Waals surface area contributed by atoms with Gasteiger partial charge in [0.15, 0.2) is 6.61 Å². The number of benzene rings is 1. The molecule has 2 amide bonds. The summed E-state index contributed by atoms with van der Waals surface area (Å²) in [6, 6.07) is 7.08. The lowest BCUT2D eigenvalue weighted by Crippen LogP contribution is -2.56. The minimum Gasteiger partial charge on any atom is -0.484 e. The second-order valence-electron chi connectivity index (χ2n) is 7.28. The van der Waals surface area contributed by atoms with Crippen LogP contribution in [0.3, 0.4) is 0 Å². The van der Waals surface area contributed by atoms with Crippen LogP contribution in [0.25, 0.3) is 0 Å². The number of hydrogen-bond acceptors (Lipinski definition) is 3. The third kappa shape index (κ3) is 3.36. The Morgan fingerprint density at radius 2 is 1.92 bits per heavy atom. The van der Waals surface area contributed by atoms with E-state index in [-0.39, 0.29) is 30.0 Å². The largest absolute Gasteiger partial charge is 0.484 e. The van der Waals surface area contributed by atoms with E-state index in [1.807, 2.05) is 0 Å². The fourth-order valence-electron chi connectivity index (χ4n) is 3.66. The van der Waals surface area contributed by atoms with Crippen molar-refractivity contribution in [3.8, 4) is 5.75 Å². The van der Waals surface area contributed by atoms with Crippen molar-refractivity contribution in [2.24, 2.45) is 11.8 Å². The zero-order valence-electron chi connectivity index (χ0n) is 13.4. The molecule has 3 aliphatic rings. The number of carbonyl (C=O) groups excluding carboxylic acids is 2. The Bertz CT molecular complexity index is 659. The van der Waals surface area contributed by atoms with Crippen molar-refractivity contribution in [1.82, 2.24) is 10.6 Å². The molecule has 0 aromatic heterocycles. The van der Waals surface area contributed by atoms with Gasteiger partial charge >= 0.3 is 0 Å². The highest BCUT2D eigenvalue weighted by molar-refractivity contribution is 6.30. The van der Waals surface area contributed by atoms with Gasteiger partial charge in [-0.1, -0.05) is 11.6 Å². The minimum absolute atomic E-state index is 0.00804. The van der Waals surface area contributed by atoms with Crippen LogP contribution >= 0.6 is 11.6 Å². The molecule has 1 aromatic carbocycles. The summed E-state index contributed by atoms with van der Waals surface area (Å²) in [6.45, 7) is -0.00804. The molecule has 0 spiro atoms. The van der Waals surface area contributed by atoms with Crippen LogP contribution in [0.1, 0.15) is 32.1 Å². The number of halogens is 1. The molecule has 0 radical (unpaired) electrons. The Kier molecular flexibility index (Phi) is 3.91. The molecule has 3 saturated carbocycles. The van der Waals surface area contributed by atoms with Gasteiger partial charge in [0.25, 0.3) is 5.91 Å². The summed E-state index contributed by atoms with van der Waals surface area (Å²) in [5, 5.41) is 6.80. The summed E-state index contributed by atoms with van der Waals surface area (Å²) < 4.78 is 5.44. The van der Waals surface area contributed by atoms with E-state index in [9.17, 15) is 9.59 Å². The Morgan fingerprint density at radius 3 is 2.58 bits per heavy atom. The molecule has 0 heterocycles. The first kappa shape index (κ1) is 15.8. The normalized spacial score (nSPS) is 29.9. The third-order valence-corrected chi connectivity index (χ3v) is 5.54. The zero-order valence-corrected chi connectivity index (χ0v) is 14.1. The molecule has 0 aliphatic heterocycles. The van der Waals surface area contributed by atoms with Crippen LogP contribution in [0.4, 0.5) is 0 Å². The van der Waals surface area contributed by atoms with E-state index in [4.69, 9.17) is 16.3 Å². The molecule has 0 saturated heterocycles. The van der Waals surface area contributed by atoms with Crippen molar-refractivity contribution in [3.05, 3.63) is 29.3 Å². The third-order valence-electron chi connectivity index (χ3n) is 5.29. The summed E-state index contributed by atoms with van der Waals surface area (Å²) >= 11 is 5.81. The highest BCUT2D eigenvalue weighted by Crippen LogP contribution is 2.59. The second kappa shape index (κ2) is 5.96. The summed E-state index contributed by atoms with van der Waals surface area (Å²) in [5.41, 5.74) is -0.0268. The predicted molar refractivity (Wildman–Crippen MR) is 89.8 cm³/mol. The van der Waals surface area contributed by atoms with Gasteiger partial charge in [-0.25, -0.2) is 0 Å². The summed E-state index contributed by atoms with van der Waals surface area (Å²) in [5.74, 6) is 1.67. The Hall–Kier alpha value is -1.75. The SMILES string of the molecule is O=C(COc1ccc(Cl)cc1)N[C@H]1CC2(NC(=O)CC3CC3)CC12. The maximum atomic E-state index is 12.0. The van der Waals surface area contributed by atoms with Gasteiger partial charge in [-0.3, -0.25) is 9.59 Å². The molecule has 6 heteroatoms. The zero-order chi connectivity index (χ0) is 16.7. The standard InChI is InChI=1S/C18H21ClN2O3/c19-12-3-5-13(6-4-12)24-10-17(23)20-15-9-18(8-14(15)18)21-16(22)7-11-1-2-11/h3-6,11,14-15H,1-2,7-10H2,(H,20,23)(H,21,22)/t14?,15-,18?/m0/s1. The Balaban J connectivity index is 1.17. The lowest BCUT2D eigenvalue weighted by atomic mass is 9.86. The van der Waals surface area contributed by atoms with E-state index in [2.05, 4.69) is 10.6 Å². The number of nitrogens with one attached hydrogen (secondary N) is 2. The number of fused-ring (bicyclic) bond motifs is 1. The molecular formula is C18H21ClN2O3. The van der Waals surface area contributed by atoms with Gasteiger partial charge in [-0.05, 0) is 55.9 Å². The van der Waals surface area contributed by atoms with E-state index < -0.39 is 0 Å². The molecule has 1 aromatic rings. The molecular weight excluding hydrogens is 328 g/mol. The molecule has 4 rings (SSSR count). The second-order valence-corrected chi connectivity index (χ2v) is 7.72. The monoisotopic (exact) mass is 348 g/mol. The average molecular weight is 349 g/mol. The van der Waals surface area contributed by atoms with Gasteiger partial charge in [0.2, 0.25) is 5.91 Å². The van der Waals surface area contributed by atoms with Crippen molar-refractivity contribution in [3.63, 3.8) is 0 Å². The minimum atomic E-state index is -0.125. The van der Waals surface area contributed by atoms with Gasteiger partial charge in [-0.2, -0.15) is 0 Å². The summed E-state index contributed by atoms with van der Waals surface area (Å²) in [7, 11) is 0. The van der Waals surface area contributed by atoms with E-state index in [0.29, 0.717) is 29.0 Å². The maximum absolute atomic E-state index is 12.0. The molecule has 128 valence electrons. The van der Waals surface area contributed by atoms with Crippen LogP contribution in [0.5, 0.6) is 5.75 Å². The summed E-state index contributed by atoms with van der Waals surface area (Å²) in [6.07, 6.45) is 4.86. The van der Waals surface area contributed by atoms with Crippen molar-refractivity contribution >= 4 is 23.4 Å². The van der Waals surface area contributed by atoms with E-state index in [1.165, 1.54) is 12.8 Å². The number of carbonyl (C=O) groups is 2. The fraction of sp³-hybridized carbons (Fsp3) is 0.556. The number of rotatable bonds is 7. The van der Waals surface area contributed by atoms with E-state index in [0.717, 1.165) is 12.8 Å². The first-order valence-corrected chi connectivity index (χ1v) is 8.91. The first-order valence-electron chi connectivity index (χ1n) is 8.53. The molecule has 24 heavy (non-hydrogen) atoms. The van der Waals surface area contributed by atoms with Gasteiger partial charge in [-0.15, -0.1) is 0 Å². The van der Waals surface area contributed by atoms with Gasteiger partial charge < -0.3 is 15.4 Å². The van der Waals surface area contributed by atoms with E-state index in [1.54, 1.807) is 24.3 Å². The molecule has 3 fully saturated rings. The smallest absolute Gasteiger partial charge is 0.258 e. The number of ether oxygens (including phenoxy) is 1. The Labute approximate surface area is 146 Å². The van der Waals surface area contributed by atoms with Crippen LogP contribution in [-0.2, 0) is 9.59 Å². The number of amides is 2. The Morgan fingerprint density at radius 1 is 1.17 bits per heavy atom. The van der Waals surface area contributed by atoms with Gasteiger partial charge in [0.1, 0.15) is 5.75 Å². The molecule has 2 N–H and O–H groups in total. The van der Waals surface area contributed by atoms with E-state index >= 15 is 0 Å². The van der Waals surface area contributed by atoms with Gasteiger partial charge in [0, 0.05) is 28.9 Å². The lowest BCUT2D eigenvalue weighted by molar-refractivity contribution is -0.125. The van der Waals surface area contributed by atoms with Crippen LogP contribution in [0.2, 0.25) is 5.02 Å². The van der Waals surface area contributed by atoms with Crippen molar-refractivity contribution in [2.75, 3.05) is 6.61 Å². The summed E-state index contributed by atoms with van der Waals surface area (Å²) in [4.78, 5) is 23.9. The maximum Gasteiger partial charge on any atom is 0.258 e. The van der Waals surface area contributed by atoms with Crippen LogP contribution < -0.4 is 15.4 Å². The fourth-order valence-corrected chi connectivity index (χ4v) is 3.78. The van der Waals surface area contributed by atoms with Crippen LogP contribution in [0.15, 0.2) is 24.3 Å². The molecule has 3 aliphatic carbocycles. The molecule has 3 atom stereocenters. The number of hydrogen-bond donors (Lipinski definition) is 2. The first-order chi connectivity index (χ1) is 11.5. The van der Waals surface area contributed by atoms with Crippen molar-refractivity contribution in [2.45, 2.75) is 43.7 Å². The molecule has 2 unspecified atom stereocenters. The highest BCUT2D eigenvalue weighted by atomic mass is 35.5. The van der Waals surface area contributed by atoms with Crippen LogP contribution in [0, 0.1) is 11.8 Å². The van der Waals surface area contributed by atoms with Crippen LogP contribution in [-0.4, -0.2) is 30.0 Å². The van der Waals surface area contributed by atoms with Gasteiger partial charge in [0.05, 0.1) is 0 Å². The molecule has 0 bridgehead atoms. The molecule has 5 nitrogen and oxygen atoms in total. The predicted octanol–water partition coefficient (Wildman–Crippen LogP) is 2.28. The average Bonchev–Trinajstić information content (AvgIpc) is 3.44. The van der Waals surface area contributed by atoms with Crippen molar-refractivity contribution < 1.29 is 14.3 Å². The topological polar surface area (TPSA) is 67.4 Å². The quantitative estimate of drug-likeness (QED) is 0.794. The van der Waals surface area contributed by atoms with Crippen molar-refractivity contribution in [1.29, 1.82) is 0 Å². The lowest BCUT2D eigenvalue weighted by Gasteiger charge is -2.35. The highest BCUT2D eigenvalue weighted by Gasteiger charge is 2.68.